The fraction of sp³-hybridized carbons (Fsp3) is 0.0645. The predicted molar refractivity (Wildman–Crippen MR) is 151 cm³/mol. The highest BCUT2D eigenvalue weighted by Crippen LogP contribution is 2.31. The van der Waals surface area contributed by atoms with Crippen molar-refractivity contribution in [2.75, 3.05) is 5.32 Å². The number of hydrogen-bond donors (Lipinski definition) is 4. The smallest absolute Gasteiger partial charge is 0.335 e. The molecule has 4 N–H and O–H groups in total. The van der Waals surface area contributed by atoms with Gasteiger partial charge in [0, 0.05) is 41.0 Å². The molecule has 4 aromatic carbocycles. The third-order valence-electron chi connectivity index (χ3n) is 6.91. The number of carbonyl (C=O) groups is 2. The highest BCUT2D eigenvalue weighted by Gasteiger charge is 2.15. The lowest BCUT2D eigenvalue weighted by Crippen LogP contribution is -2.24. The number of carbonyl (C=O) groups excluding carboxylic acids is 1. The number of carboxylic acids is 1. The summed E-state index contributed by atoms with van der Waals surface area (Å²) in [5.74, 6) is -1.28. The molecule has 0 radical (unpaired) electrons. The van der Waals surface area contributed by atoms with Crippen molar-refractivity contribution in [3.63, 3.8) is 0 Å². The van der Waals surface area contributed by atoms with Gasteiger partial charge in [-0.1, -0.05) is 36.4 Å². The first-order valence-electron chi connectivity index (χ1n) is 12.5. The Labute approximate surface area is 223 Å². The summed E-state index contributed by atoms with van der Waals surface area (Å²) in [5, 5.41) is 22.5. The van der Waals surface area contributed by atoms with Gasteiger partial charge in [0.1, 0.15) is 0 Å². The molecule has 0 aliphatic rings. The Kier molecular flexibility index (Phi) is 5.84. The average Bonchev–Trinajstić information content (AvgIpc) is 3.52. The van der Waals surface area contributed by atoms with Crippen molar-refractivity contribution < 1.29 is 14.7 Å². The van der Waals surface area contributed by atoms with Crippen molar-refractivity contribution in [3.05, 3.63) is 114 Å². The molecular formula is C31H25N5O3. The number of aromatic nitrogens is 3. The highest BCUT2D eigenvalue weighted by molar-refractivity contribution is 5.97. The Morgan fingerprint density at radius 2 is 1.69 bits per heavy atom. The van der Waals surface area contributed by atoms with Gasteiger partial charge in [0.2, 0.25) is 11.5 Å². The summed E-state index contributed by atoms with van der Waals surface area (Å²) in [6, 6.07) is 28.3. The number of para-hydroxylation sites is 2. The minimum Gasteiger partial charge on any atom is -0.478 e. The van der Waals surface area contributed by atoms with Crippen LogP contribution in [-0.2, 0) is 11.3 Å². The Morgan fingerprint density at radius 1 is 0.923 bits per heavy atom. The number of amides is 1. The molecule has 0 spiro atoms. The van der Waals surface area contributed by atoms with E-state index in [9.17, 15) is 14.7 Å². The second-order valence-electron chi connectivity index (χ2n) is 9.38. The van der Waals surface area contributed by atoms with Crippen molar-refractivity contribution >= 4 is 39.5 Å². The van der Waals surface area contributed by atoms with Crippen LogP contribution in [0.3, 0.4) is 0 Å². The summed E-state index contributed by atoms with van der Waals surface area (Å²) in [6.45, 7) is 1.96. The van der Waals surface area contributed by atoms with E-state index in [1.165, 1.54) is 13.0 Å². The second kappa shape index (κ2) is 9.50. The molecule has 8 heteroatoms. The number of carboxylic acid groups (broad SMARTS) is 1. The zero-order valence-electron chi connectivity index (χ0n) is 21.1. The first-order valence-corrected chi connectivity index (χ1v) is 12.5. The molecule has 2 heterocycles. The Bertz CT molecular complexity index is 1940. The fourth-order valence-electron chi connectivity index (χ4n) is 5.12. The van der Waals surface area contributed by atoms with E-state index in [1.54, 1.807) is 12.1 Å². The molecule has 2 aromatic heterocycles. The number of hydrogen-bond acceptors (Lipinski definition) is 3. The molecule has 0 atom stereocenters. The SMILES string of the molecule is CC(=O)Nc1ccc(C(=O)O)cc1-c1ccc(-n2c(=N)n(Cc3cccc4[nH]ccc34)c3ccccc32)cc1. The topological polar surface area (TPSA) is 116 Å². The molecule has 0 aliphatic carbocycles. The summed E-state index contributed by atoms with van der Waals surface area (Å²) >= 11 is 0. The lowest BCUT2D eigenvalue weighted by atomic mass is 10.0. The zero-order valence-corrected chi connectivity index (χ0v) is 21.1. The van der Waals surface area contributed by atoms with Gasteiger partial charge in [0.15, 0.2) is 0 Å². The van der Waals surface area contributed by atoms with Gasteiger partial charge in [0.05, 0.1) is 23.1 Å². The third-order valence-corrected chi connectivity index (χ3v) is 6.91. The van der Waals surface area contributed by atoms with Crippen LogP contribution < -0.4 is 10.9 Å². The van der Waals surface area contributed by atoms with Gasteiger partial charge < -0.3 is 20.0 Å². The number of rotatable bonds is 6. The molecule has 1 amide bonds. The molecule has 0 fully saturated rings. The minimum absolute atomic E-state index is 0.131. The number of imidazole rings is 1. The average molecular weight is 516 g/mol. The molecule has 0 saturated carbocycles. The summed E-state index contributed by atoms with van der Waals surface area (Å²) in [5.41, 5.74) is 7.19. The number of benzene rings is 4. The molecule has 0 aliphatic heterocycles. The quantitative estimate of drug-likeness (QED) is 0.226. The number of aromatic carboxylic acids is 1. The molecule has 0 saturated heterocycles. The first-order chi connectivity index (χ1) is 18.9. The monoisotopic (exact) mass is 515 g/mol. The number of aromatic amines is 1. The van der Waals surface area contributed by atoms with Gasteiger partial charge in [-0.15, -0.1) is 0 Å². The van der Waals surface area contributed by atoms with E-state index in [2.05, 4.69) is 22.4 Å². The largest absolute Gasteiger partial charge is 0.478 e. The summed E-state index contributed by atoms with van der Waals surface area (Å²) in [6.07, 6.45) is 1.93. The Hall–Kier alpha value is -5.37. The van der Waals surface area contributed by atoms with E-state index in [-0.39, 0.29) is 11.5 Å². The highest BCUT2D eigenvalue weighted by atomic mass is 16.4. The third kappa shape index (κ3) is 4.27. The van der Waals surface area contributed by atoms with Crippen molar-refractivity contribution in [3.8, 4) is 16.8 Å². The van der Waals surface area contributed by atoms with Crippen LogP contribution in [0.25, 0.3) is 38.8 Å². The van der Waals surface area contributed by atoms with E-state index in [4.69, 9.17) is 5.41 Å². The van der Waals surface area contributed by atoms with Crippen LogP contribution in [0.4, 0.5) is 5.69 Å². The second-order valence-corrected chi connectivity index (χ2v) is 9.38. The number of anilines is 1. The van der Waals surface area contributed by atoms with Crippen LogP contribution >= 0.6 is 0 Å². The zero-order chi connectivity index (χ0) is 27.1. The van der Waals surface area contributed by atoms with Gasteiger partial charge in [-0.3, -0.25) is 14.8 Å². The summed E-state index contributed by atoms with van der Waals surface area (Å²) in [4.78, 5) is 26.6. The van der Waals surface area contributed by atoms with Gasteiger partial charge in [-0.2, -0.15) is 0 Å². The van der Waals surface area contributed by atoms with Crippen LogP contribution in [0.2, 0.25) is 0 Å². The van der Waals surface area contributed by atoms with E-state index in [0.29, 0.717) is 23.4 Å². The standard InChI is InChI=1S/C31H25N5O3/c1-19(37)34-27-14-11-21(30(38)39)17-25(27)20-9-12-23(13-10-20)36-29-8-3-2-7-28(29)35(31(36)32)18-22-5-4-6-26-24(22)15-16-33-26/h2-17,32-33H,18H2,1H3,(H,34,37)(H,38,39). The van der Waals surface area contributed by atoms with E-state index in [0.717, 1.165) is 38.8 Å². The number of H-pyrrole nitrogens is 1. The lowest BCUT2D eigenvalue weighted by Gasteiger charge is -2.12. The van der Waals surface area contributed by atoms with Crippen molar-refractivity contribution in [1.82, 2.24) is 14.1 Å². The van der Waals surface area contributed by atoms with Crippen molar-refractivity contribution in [2.45, 2.75) is 13.5 Å². The molecular weight excluding hydrogens is 490 g/mol. The maximum Gasteiger partial charge on any atom is 0.335 e. The summed E-state index contributed by atoms with van der Waals surface area (Å²) < 4.78 is 3.90. The minimum atomic E-state index is -1.04. The van der Waals surface area contributed by atoms with E-state index in [1.807, 2.05) is 76.0 Å². The fourth-order valence-corrected chi connectivity index (χ4v) is 5.12. The van der Waals surface area contributed by atoms with Crippen molar-refractivity contribution in [1.29, 1.82) is 5.41 Å². The maximum atomic E-state index is 11.8. The van der Waals surface area contributed by atoms with Crippen molar-refractivity contribution in [2.24, 2.45) is 0 Å². The number of nitrogens with one attached hydrogen (secondary N) is 3. The Morgan fingerprint density at radius 3 is 2.44 bits per heavy atom. The van der Waals surface area contributed by atoms with Crippen LogP contribution in [0.5, 0.6) is 0 Å². The number of nitrogens with zero attached hydrogens (tertiary/aromatic N) is 2. The molecule has 0 bridgehead atoms. The van der Waals surface area contributed by atoms with Crippen LogP contribution in [-0.4, -0.2) is 31.1 Å². The Balaban J connectivity index is 1.44. The molecule has 6 rings (SSSR count). The van der Waals surface area contributed by atoms with Gasteiger partial charge in [-0.25, -0.2) is 4.79 Å². The maximum absolute atomic E-state index is 11.8. The lowest BCUT2D eigenvalue weighted by molar-refractivity contribution is -0.114. The molecule has 0 unspecified atom stereocenters. The molecule has 192 valence electrons. The van der Waals surface area contributed by atoms with Crippen LogP contribution in [0.15, 0.2) is 97.2 Å². The van der Waals surface area contributed by atoms with Crippen LogP contribution in [0.1, 0.15) is 22.8 Å². The first kappa shape index (κ1) is 24.0. The molecule has 6 aromatic rings. The number of fused-ring (bicyclic) bond motifs is 2. The van der Waals surface area contributed by atoms with E-state index < -0.39 is 5.97 Å². The molecule has 39 heavy (non-hydrogen) atoms. The predicted octanol–water partition coefficient (Wildman–Crippen LogP) is 5.76. The molecule has 8 nitrogen and oxygen atoms in total. The summed E-state index contributed by atoms with van der Waals surface area (Å²) in [7, 11) is 0. The van der Waals surface area contributed by atoms with Gasteiger partial charge >= 0.3 is 5.97 Å². The van der Waals surface area contributed by atoms with Gasteiger partial charge in [0.25, 0.3) is 0 Å². The normalized spacial score (nSPS) is 11.2. The van der Waals surface area contributed by atoms with Gasteiger partial charge in [-0.05, 0) is 65.7 Å². The van der Waals surface area contributed by atoms with Crippen LogP contribution in [0, 0.1) is 5.41 Å². The van der Waals surface area contributed by atoms with E-state index >= 15 is 0 Å².